The van der Waals surface area contributed by atoms with Gasteiger partial charge < -0.3 is 10.0 Å². The first-order valence-corrected chi connectivity index (χ1v) is 12.7. The van der Waals surface area contributed by atoms with Crippen LogP contribution in [-0.4, -0.2) is 80.1 Å². The third kappa shape index (κ3) is 4.16. The molecule has 4 heterocycles. The summed E-state index contributed by atoms with van der Waals surface area (Å²) in [5.74, 6) is -1.23. The van der Waals surface area contributed by atoms with Crippen molar-refractivity contribution in [1.29, 1.82) is 0 Å². The second-order valence-electron chi connectivity index (χ2n) is 9.75. The van der Waals surface area contributed by atoms with E-state index in [0.717, 1.165) is 26.3 Å². The molecule has 0 aliphatic carbocycles. The lowest BCUT2D eigenvalue weighted by Crippen LogP contribution is -2.53. The van der Waals surface area contributed by atoms with Crippen LogP contribution in [0.25, 0.3) is 10.9 Å². The average Bonchev–Trinajstić information content (AvgIpc) is 3.44. The molecule has 0 radical (unpaired) electrons. The van der Waals surface area contributed by atoms with E-state index >= 15 is 0 Å². The van der Waals surface area contributed by atoms with E-state index in [4.69, 9.17) is 0 Å². The Morgan fingerprint density at radius 3 is 2.74 bits per heavy atom. The Kier molecular flexibility index (Phi) is 6.23. The van der Waals surface area contributed by atoms with E-state index in [1.54, 1.807) is 15.7 Å². The summed E-state index contributed by atoms with van der Waals surface area (Å²) in [7, 11) is 1.48. The first-order valence-electron chi connectivity index (χ1n) is 11.9. The molecule has 3 aliphatic rings. The van der Waals surface area contributed by atoms with Crippen LogP contribution in [0.3, 0.4) is 0 Å². The average molecular weight is 494 g/mol. The maximum atomic E-state index is 13.8. The number of nitrogens with zero attached hydrogens (tertiary/aromatic N) is 4. The summed E-state index contributed by atoms with van der Waals surface area (Å²) in [4.78, 5) is 48.3. The number of aliphatic hydroxyl groups is 1. The van der Waals surface area contributed by atoms with Gasteiger partial charge in [-0.2, -0.15) is 14.3 Å². The molecule has 2 aromatic rings. The number of aliphatic hydroxyl groups excluding tert-OH is 1. The van der Waals surface area contributed by atoms with Crippen LogP contribution in [0.1, 0.15) is 25.8 Å². The Bertz CT molecular complexity index is 1300. The smallest absolute Gasteiger partial charge is 0.391 e. The van der Waals surface area contributed by atoms with Gasteiger partial charge in [0.15, 0.2) is 11.0 Å². The third-order valence-electron chi connectivity index (χ3n) is 6.74. The van der Waals surface area contributed by atoms with Crippen molar-refractivity contribution in [3.05, 3.63) is 52.6 Å². The van der Waals surface area contributed by atoms with E-state index in [-0.39, 0.29) is 30.3 Å². The monoisotopic (exact) mass is 493 g/mol. The number of aromatic nitrogens is 1. The topological polar surface area (TPSA) is 93.8 Å². The van der Waals surface area contributed by atoms with E-state index in [1.165, 1.54) is 18.8 Å². The number of pyridine rings is 1. The normalized spacial score (nSPS) is 22.8. The zero-order valence-electron chi connectivity index (χ0n) is 20.1. The highest BCUT2D eigenvalue weighted by molar-refractivity contribution is 8.17. The quantitative estimate of drug-likeness (QED) is 0.644. The summed E-state index contributed by atoms with van der Waals surface area (Å²) in [5.41, 5.74) is 2.30. The Hall–Kier alpha value is -3.04. The number of urea groups is 1. The number of β-amino-alcohol motifs (C(OH)–C–C–N with tert-alkyl or cyclic N) is 1. The molecule has 0 bridgehead atoms. The van der Waals surface area contributed by atoms with Gasteiger partial charge in [0.05, 0.1) is 30.8 Å². The second-order valence-corrected chi connectivity index (χ2v) is 10.9. The fourth-order valence-electron chi connectivity index (χ4n) is 5.01. The molecule has 182 valence electrons. The zero-order valence-corrected chi connectivity index (χ0v) is 20.9. The number of thioether (sulfide) groups is 1. The molecule has 1 unspecified atom stereocenters. The molecule has 3 aliphatic heterocycles. The predicted octanol–water partition coefficient (Wildman–Crippen LogP) is 2.65. The highest BCUT2D eigenvalue weighted by Crippen LogP contribution is 2.44. The summed E-state index contributed by atoms with van der Waals surface area (Å²) < 4.78 is 1.66. The summed E-state index contributed by atoms with van der Waals surface area (Å²) in [6, 6.07) is 9.42. The number of fused-ring (bicyclic) bond motifs is 2. The van der Waals surface area contributed by atoms with Gasteiger partial charge in [-0.1, -0.05) is 43.8 Å². The number of imide groups is 1. The van der Waals surface area contributed by atoms with Crippen molar-refractivity contribution in [2.24, 2.45) is 11.8 Å². The summed E-state index contributed by atoms with van der Waals surface area (Å²) in [6.07, 6.45) is 2.16. The van der Waals surface area contributed by atoms with Crippen molar-refractivity contribution < 1.29 is 24.1 Å². The van der Waals surface area contributed by atoms with Crippen molar-refractivity contribution in [3.8, 4) is 0 Å². The van der Waals surface area contributed by atoms with Crippen molar-refractivity contribution in [1.82, 2.24) is 14.8 Å². The maximum Gasteiger partial charge on any atom is 0.501 e. The van der Waals surface area contributed by atoms with Gasteiger partial charge in [-0.15, -0.1) is 0 Å². The summed E-state index contributed by atoms with van der Waals surface area (Å²) in [5, 5.41) is 11.7. The molecule has 4 amide bonds. The second kappa shape index (κ2) is 9.20. The van der Waals surface area contributed by atoms with E-state index in [0.29, 0.717) is 36.5 Å². The molecule has 1 fully saturated rings. The number of carbonyl (C=O) groups is 3. The Balaban J connectivity index is 1.65. The van der Waals surface area contributed by atoms with Crippen LogP contribution in [0.5, 0.6) is 0 Å². The minimum Gasteiger partial charge on any atom is -0.391 e. The largest absolute Gasteiger partial charge is 0.501 e. The highest BCUT2D eigenvalue weighted by atomic mass is 32.2. The van der Waals surface area contributed by atoms with E-state index in [2.05, 4.69) is 4.98 Å². The van der Waals surface area contributed by atoms with Crippen molar-refractivity contribution in [2.75, 3.05) is 26.7 Å². The number of rotatable bonds is 5. The molecular weight excluding hydrogens is 464 g/mol. The molecule has 1 saturated heterocycles. The van der Waals surface area contributed by atoms with E-state index < -0.39 is 12.0 Å². The van der Waals surface area contributed by atoms with Crippen LogP contribution < -0.4 is 0 Å². The molecule has 0 spiro atoms. The number of benzene rings is 1. The standard InChI is InChI=1S/C26H29N4O4S/c1-15(2)13-30-25-22(23(32)28(3)26(30)34)21(24(33)29-11-9-17(31)14-29)20(35-25)12-16-8-10-27-19-7-5-4-6-18(16)19/h4-8,10,15,17,22,31H,9,11-14H2,1-3H3/q+1/t17-,22?/m1/s1. The first-order chi connectivity index (χ1) is 16.8. The van der Waals surface area contributed by atoms with Crippen LogP contribution in [0.4, 0.5) is 4.79 Å². The lowest BCUT2D eigenvalue weighted by Gasteiger charge is -2.25. The number of hydrogen-bond donors (Lipinski definition) is 1. The fourth-order valence-corrected chi connectivity index (χ4v) is 6.41. The molecule has 1 N–H and O–H groups in total. The van der Waals surface area contributed by atoms with Gasteiger partial charge in [0.25, 0.3) is 5.91 Å². The number of hydrogen-bond acceptors (Lipinski definition) is 6. The van der Waals surface area contributed by atoms with E-state index in [1.807, 2.05) is 44.2 Å². The third-order valence-corrected chi connectivity index (χ3v) is 8.02. The van der Waals surface area contributed by atoms with Gasteiger partial charge >= 0.3 is 11.9 Å². The van der Waals surface area contributed by atoms with Gasteiger partial charge in [0.2, 0.25) is 0 Å². The zero-order chi connectivity index (χ0) is 24.9. The minimum absolute atomic E-state index is 0.190. The molecule has 8 nitrogen and oxygen atoms in total. The van der Waals surface area contributed by atoms with E-state index in [9.17, 15) is 19.5 Å². The van der Waals surface area contributed by atoms with Crippen LogP contribution in [0, 0.1) is 11.8 Å². The number of carbonyl (C=O) groups excluding carboxylic acids is 3. The molecule has 5 rings (SSSR count). The first kappa shape index (κ1) is 23.7. The molecule has 35 heavy (non-hydrogen) atoms. The predicted molar refractivity (Wildman–Crippen MR) is 134 cm³/mol. The summed E-state index contributed by atoms with van der Waals surface area (Å²) in [6.45, 7) is 5.20. The number of amides is 4. The molecule has 1 aromatic carbocycles. The highest BCUT2D eigenvalue weighted by Gasteiger charge is 2.54. The molecule has 2 atom stereocenters. The summed E-state index contributed by atoms with van der Waals surface area (Å²) >= 11 is 1.38. The van der Waals surface area contributed by atoms with Crippen molar-refractivity contribution in [2.45, 2.75) is 32.8 Å². The minimum atomic E-state index is -0.810. The van der Waals surface area contributed by atoms with Gasteiger partial charge in [0.1, 0.15) is 0 Å². The van der Waals surface area contributed by atoms with Gasteiger partial charge in [-0.3, -0.25) is 9.78 Å². The number of para-hydroxylation sites is 1. The molecular formula is C26H29N4O4S+. The lowest BCUT2D eigenvalue weighted by molar-refractivity contribution is -0.444. The van der Waals surface area contributed by atoms with Crippen LogP contribution in [0.2, 0.25) is 0 Å². The lowest BCUT2D eigenvalue weighted by atomic mass is 9.93. The Labute approximate surface area is 208 Å². The van der Waals surface area contributed by atoms with Crippen LogP contribution >= 0.6 is 11.8 Å². The van der Waals surface area contributed by atoms with Crippen molar-refractivity contribution >= 4 is 45.6 Å². The number of allylic oxidation sites excluding steroid dienone is 1. The molecule has 0 saturated carbocycles. The SMILES string of the molecule is CC(C)C[N+]1=C2SC(Cc3ccnc4ccccc34)=C(C(=O)N3CC[C@@H](O)C3)C2C(=O)N(C)C1=O. The van der Waals surface area contributed by atoms with Crippen LogP contribution in [0.15, 0.2) is 47.0 Å². The van der Waals surface area contributed by atoms with Crippen LogP contribution in [-0.2, 0) is 16.0 Å². The maximum absolute atomic E-state index is 13.8. The van der Waals surface area contributed by atoms with Gasteiger partial charge in [-0.05, 0) is 30.0 Å². The number of likely N-dealkylation sites (tertiary alicyclic amines) is 1. The van der Waals surface area contributed by atoms with Crippen molar-refractivity contribution in [3.63, 3.8) is 0 Å². The Morgan fingerprint density at radius 2 is 2.03 bits per heavy atom. The molecule has 9 heteroatoms. The Morgan fingerprint density at radius 1 is 1.26 bits per heavy atom. The van der Waals surface area contributed by atoms with Gasteiger partial charge in [0, 0.05) is 36.0 Å². The molecule has 1 aromatic heterocycles. The fraction of sp³-hybridized carbons (Fsp3) is 0.423. The van der Waals surface area contributed by atoms with Gasteiger partial charge in [-0.25, -0.2) is 4.79 Å².